The standard InChI is InChI=1S/C15H26S/c1-10-5-6-15(3)7-8-16(4)13-9-12(13)14(15)11(10)2/h4,10-14,16H,5-9H2,1-3H3. The summed E-state index contributed by atoms with van der Waals surface area (Å²) in [4.78, 5) is 0. The summed E-state index contributed by atoms with van der Waals surface area (Å²) in [6.45, 7) is 7.56. The molecule has 7 atom stereocenters. The highest BCUT2D eigenvalue weighted by Crippen LogP contribution is 2.64. The molecule has 1 aliphatic heterocycles. The van der Waals surface area contributed by atoms with Crippen molar-refractivity contribution in [2.75, 3.05) is 5.75 Å². The average molecular weight is 238 g/mol. The Balaban J connectivity index is 1.93. The molecule has 1 saturated heterocycles. The monoisotopic (exact) mass is 238 g/mol. The second-order valence-corrected chi connectivity index (χ2v) is 9.15. The first-order valence-corrected chi connectivity index (χ1v) is 8.71. The molecule has 0 radical (unpaired) electrons. The second kappa shape index (κ2) is 3.56. The number of fused-ring (bicyclic) bond motifs is 3. The lowest BCUT2D eigenvalue weighted by Gasteiger charge is -2.48. The topological polar surface area (TPSA) is 0 Å². The minimum atomic E-state index is -0.107. The van der Waals surface area contributed by atoms with E-state index in [2.05, 4.69) is 20.8 Å². The van der Waals surface area contributed by atoms with Crippen LogP contribution in [0, 0.1) is 34.8 Å². The van der Waals surface area contributed by atoms with Crippen LogP contribution < -0.4 is 0 Å². The summed E-state index contributed by atoms with van der Waals surface area (Å²) < 4.78 is 0. The van der Waals surface area contributed by atoms with Gasteiger partial charge in [-0.3, -0.25) is 0 Å². The van der Waals surface area contributed by atoms with E-state index in [4.69, 9.17) is 5.69 Å². The fourth-order valence-electron chi connectivity index (χ4n) is 4.69. The highest BCUT2D eigenvalue weighted by Gasteiger charge is 2.56. The van der Waals surface area contributed by atoms with E-state index in [0.29, 0.717) is 5.41 Å². The van der Waals surface area contributed by atoms with Gasteiger partial charge in [-0.25, -0.2) is 10.3 Å². The zero-order valence-electron chi connectivity index (χ0n) is 10.9. The van der Waals surface area contributed by atoms with Crippen LogP contribution in [-0.4, -0.2) is 11.0 Å². The largest absolute Gasteiger partial charge is 0.201 e. The van der Waals surface area contributed by atoms with Gasteiger partial charge in [0.2, 0.25) is 0 Å². The maximum atomic E-state index is 6.38. The highest BCUT2D eigenvalue weighted by atomic mass is 32.2. The summed E-state index contributed by atoms with van der Waals surface area (Å²) in [6, 6.07) is 0. The van der Waals surface area contributed by atoms with E-state index >= 15 is 0 Å². The molecule has 0 N–H and O–H groups in total. The van der Waals surface area contributed by atoms with Crippen LogP contribution in [0.4, 0.5) is 0 Å². The minimum Gasteiger partial charge on any atom is -0.201 e. The molecule has 7 unspecified atom stereocenters. The van der Waals surface area contributed by atoms with E-state index in [9.17, 15) is 0 Å². The molecular formula is C15H26S. The van der Waals surface area contributed by atoms with Crippen molar-refractivity contribution in [3.05, 3.63) is 0 Å². The minimum absolute atomic E-state index is 0.107. The lowest BCUT2D eigenvalue weighted by atomic mass is 9.57. The number of hydrogen-bond donors (Lipinski definition) is 1. The maximum Gasteiger partial charge on any atom is -0.00116 e. The van der Waals surface area contributed by atoms with Crippen LogP contribution in [-0.2, 0) is 0 Å². The van der Waals surface area contributed by atoms with Crippen molar-refractivity contribution in [2.45, 2.75) is 51.7 Å². The summed E-state index contributed by atoms with van der Waals surface area (Å²) in [5, 5.41) is 0.953. The smallest absolute Gasteiger partial charge is 0.00116 e. The normalized spacial score (nSPS) is 60.6. The van der Waals surface area contributed by atoms with Crippen molar-refractivity contribution in [3.63, 3.8) is 0 Å². The van der Waals surface area contributed by atoms with Gasteiger partial charge in [0.15, 0.2) is 0 Å². The zero-order valence-corrected chi connectivity index (χ0v) is 11.8. The summed E-state index contributed by atoms with van der Waals surface area (Å²) in [7, 11) is -0.107. The number of thiol groups is 1. The maximum absolute atomic E-state index is 6.38. The van der Waals surface area contributed by atoms with Gasteiger partial charge >= 0.3 is 0 Å². The molecule has 3 aliphatic rings. The Kier molecular flexibility index (Phi) is 2.50. The van der Waals surface area contributed by atoms with E-state index < -0.39 is 0 Å². The molecule has 1 heteroatoms. The lowest BCUT2D eigenvalue weighted by Crippen LogP contribution is -2.41. The molecule has 0 spiro atoms. The van der Waals surface area contributed by atoms with Crippen LogP contribution >= 0.6 is 10.3 Å². The average Bonchev–Trinajstić information content (AvgIpc) is 3.01. The molecule has 2 saturated carbocycles. The summed E-state index contributed by atoms with van der Waals surface area (Å²) in [5.74, 6) is 5.25. The van der Waals surface area contributed by atoms with Gasteiger partial charge in [-0.05, 0) is 65.8 Å². The Bertz CT molecular complexity index is 363. The van der Waals surface area contributed by atoms with Gasteiger partial charge in [-0.1, -0.05) is 20.8 Å². The van der Waals surface area contributed by atoms with Crippen LogP contribution in [0.2, 0.25) is 0 Å². The van der Waals surface area contributed by atoms with Crippen LogP contribution in [0.1, 0.15) is 46.5 Å². The first kappa shape index (κ1) is 11.2. The second-order valence-electron chi connectivity index (χ2n) is 7.01. The molecule has 2 aliphatic carbocycles. The molecule has 1 heterocycles. The van der Waals surface area contributed by atoms with Crippen LogP contribution in [0.25, 0.3) is 0 Å². The lowest BCUT2D eigenvalue weighted by molar-refractivity contribution is 0.0146. The quantitative estimate of drug-likeness (QED) is 0.605. The SMILES string of the molecule is C#[SH]1CCC2(C)CCC(C)C(C)C2C2CC21. The molecule has 92 valence electrons. The van der Waals surface area contributed by atoms with Crippen LogP contribution in [0.15, 0.2) is 0 Å². The van der Waals surface area contributed by atoms with Crippen molar-refractivity contribution in [1.82, 2.24) is 0 Å². The van der Waals surface area contributed by atoms with E-state index in [1.807, 2.05) is 0 Å². The Morgan fingerprint density at radius 3 is 2.75 bits per heavy atom. The van der Waals surface area contributed by atoms with Gasteiger partial charge in [0.1, 0.15) is 0 Å². The molecule has 16 heavy (non-hydrogen) atoms. The summed E-state index contributed by atoms with van der Waals surface area (Å²) >= 11 is 0. The molecule has 0 aromatic heterocycles. The Morgan fingerprint density at radius 2 is 2.00 bits per heavy atom. The van der Waals surface area contributed by atoms with Crippen molar-refractivity contribution < 1.29 is 0 Å². The zero-order chi connectivity index (χ0) is 11.5. The van der Waals surface area contributed by atoms with Crippen molar-refractivity contribution in [3.8, 4) is 5.69 Å². The van der Waals surface area contributed by atoms with Crippen LogP contribution in [0.3, 0.4) is 0 Å². The molecule has 0 aromatic carbocycles. The van der Waals surface area contributed by atoms with E-state index in [1.54, 1.807) is 0 Å². The molecular weight excluding hydrogens is 212 g/mol. The summed E-state index contributed by atoms with van der Waals surface area (Å²) in [6.07, 6.45) is 5.81. The highest BCUT2D eigenvalue weighted by molar-refractivity contribution is 8.07. The van der Waals surface area contributed by atoms with Gasteiger partial charge in [-0.15, -0.1) is 5.69 Å². The number of hydrogen-bond acceptors (Lipinski definition) is 0. The molecule has 3 fully saturated rings. The Morgan fingerprint density at radius 1 is 1.25 bits per heavy atom. The fourth-order valence-corrected chi connectivity index (χ4v) is 6.98. The van der Waals surface area contributed by atoms with Crippen molar-refractivity contribution >= 4 is 10.3 Å². The molecule has 0 nitrogen and oxygen atoms in total. The Hall–Kier alpha value is 0.130. The van der Waals surface area contributed by atoms with Gasteiger partial charge in [0.05, 0.1) is 0 Å². The van der Waals surface area contributed by atoms with Gasteiger partial charge in [-0.2, -0.15) is 0 Å². The van der Waals surface area contributed by atoms with Crippen molar-refractivity contribution in [2.24, 2.45) is 29.1 Å². The van der Waals surface area contributed by atoms with Crippen molar-refractivity contribution in [1.29, 1.82) is 0 Å². The van der Waals surface area contributed by atoms with E-state index in [-0.39, 0.29) is 10.3 Å². The first-order valence-electron chi connectivity index (χ1n) is 7.04. The first-order chi connectivity index (χ1) is 7.53. The van der Waals surface area contributed by atoms with Gasteiger partial charge < -0.3 is 0 Å². The van der Waals surface area contributed by atoms with Gasteiger partial charge in [0, 0.05) is 0 Å². The third kappa shape index (κ3) is 1.51. The third-order valence-corrected chi connectivity index (χ3v) is 8.26. The molecule has 3 rings (SSSR count). The molecule has 0 amide bonds. The fraction of sp³-hybridized carbons (Fsp3) is 0.933. The van der Waals surface area contributed by atoms with E-state index in [0.717, 1.165) is 28.9 Å². The molecule has 0 aromatic rings. The molecule has 0 bridgehead atoms. The predicted molar refractivity (Wildman–Crippen MR) is 74.5 cm³/mol. The predicted octanol–water partition coefficient (Wildman–Crippen LogP) is 4.06. The number of rotatable bonds is 0. The van der Waals surface area contributed by atoms with Crippen LogP contribution in [0.5, 0.6) is 0 Å². The van der Waals surface area contributed by atoms with Gasteiger partial charge in [0.25, 0.3) is 0 Å². The van der Waals surface area contributed by atoms with E-state index in [1.165, 1.54) is 31.4 Å². The Labute approximate surface area is 103 Å². The summed E-state index contributed by atoms with van der Waals surface area (Å²) in [5.41, 5.74) is 7.02. The third-order valence-electron chi connectivity index (χ3n) is 6.07.